The monoisotopic (exact) mass is 304 g/mol. The number of thioether (sulfide) groups is 1. The van der Waals surface area contributed by atoms with Gasteiger partial charge >= 0.3 is 5.97 Å². The fourth-order valence-corrected chi connectivity index (χ4v) is 3.69. The number of carbonyl (C=O) groups is 1. The van der Waals surface area contributed by atoms with Gasteiger partial charge in [-0.05, 0) is 50.7 Å². The van der Waals surface area contributed by atoms with Crippen LogP contribution in [0, 0.1) is 5.92 Å². The fourth-order valence-electron chi connectivity index (χ4n) is 2.61. The SMILES string of the molecule is CCOC(=O)CCC[C@@H]1C=C[C@@H](Sc2ccccc2)CC1. The van der Waals surface area contributed by atoms with Gasteiger partial charge in [0.25, 0.3) is 0 Å². The summed E-state index contributed by atoms with van der Waals surface area (Å²) in [7, 11) is 0. The van der Waals surface area contributed by atoms with Crippen molar-refractivity contribution in [2.24, 2.45) is 5.92 Å². The minimum absolute atomic E-state index is 0.0604. The first-order valence-electron chi connectivity index (χ1n) is 7.83. The van der Waals surface area contributed by atoms with Gasteiger partial charge in [0.2, 0.25) is 0 Å². The van der Waals surface area contributed by atoms with E-state index in [2.05, 4.69) is 42.5 Å². The lowest BCUT2D eigenvalue weighted by molar-refractivity contribution is -0.143. The highest BCUT2D eigenvalue weighted by Crippen LogP contribution is 2.33. The summed E-state index contributed by atoms with van der Waals surface area (Å²) in [6.07, 6.45) is 9.72. The van der Waals surface area contributed by atoms with E-state index in [4.69, 9.17) is 4.74 Å². The van der Waals surface area contributed by atoms with E-state index in [1.165, 1.54) is 17.7 Å². The molecule has 1 aromatic carbocycles. The lowest BCUT2D eigenvalue weighted by Gasteiger charge is -2.22. The van der Waals surface area contributed by atoms with Gasteiger partial charge < -0.3 is 4.74 Å². The minimum Gasteiger partial charge on any atom is -0.466 e. The van der Waals surface area contributed by atoms with E-state index in [0.717, 1.165) is 12.8 Å². The maximum Gasteiger partial charge on any atom is 0.305 e. The van der Waals surface area contributed by atoms with Gasteiger partial charge in [-0.15, -0.1) is 11.8 Å². The smallest absolute Gasteiger partial charge is 0.305 e. The van der Waals surface area contributed by atoms with Crippen LogP contribution in [0.5, 0.6) is 0 Å². The summed E-state index contributed by atoms with van der Waals surface area (Å²) in [6, 6.07) is 10.6. The van der Waals surface area contributed by atoms with Gasteiger partial charge in [0.1, 0.15) is 0 Å². The molecule has 0 spiro atoms. The van der Waals surface area contributed by atoms with E-state index < -0.39 is 0 Å². The normalized spacial score (nSPS) is 21.2. The molecule has 2 nitrogen and oxygen atoms in total. The standard InChI is InChI=1S/C18H24O2S/c1-2-20-18(19)10-6-7-15-11-13-17(14-12-15)21-16-8-4-3-5-9-16/h3-5,8-9,11,13,15,17H,2,6-7,10,12,14H2,1H3/t15-,17-/m1/s1. The fraction of sp³-hybridized carbons (Fsp3) is 0.500. The molecule has 1 aliphatic carbocycles. The van der Waals surface area contributed by atoms with Gasteiger partial charge in [-0.25, -0.2) is 0 Å². The van der Waals surface area contributed by atoms with E-state index in [1.807, 2.05) is 18.7 Å². The minimum atomic E-state index is -0.0604. The van der Waals surface area contributed by atoms with Crippen molar-refractivity contribution in [1.82, 2.24) is 0 Å². The van der Waals surface area contributed by atoms with Crippen molar-refractivity contribution in [1.29, 1.82) is 0 Å². The summed E-state index contributed by atoms with van der Waals surface area (Å²) in [4.78, 5) is 12.6. The highest BCUT2D eigenvalue weighted by atomic mass is 32.2. The molecule has 2 rings (SSSR count). The Hall–Kier alpha value is -1.22. The summed E-state index contributed by atoms with van der Waals surface area (Å²) in [5.74, 6) is 0.571. The molecule has 0 aliphatic heterocycles. The molecule has 0 saturated carbocycles. The Kier molecular flexibility index (Phi) is 6.87. The number of benzene rings is 1. The van der Waals surface area contributed by atoms with Crippen molar-refractivity contribution in [2.45, 2.75) is 49.2 Å². The van der Waals surface area contributed by atoms with Crippen molar-refractivity contribution in [3.05, 3.63) is 42.5 Å². The molecule has 2 atom stereocenters. The Bertz CT molecular complexity index is 456. The van der Waals surface area contributed by atoms with Gasteiger partial charge in [-0.3, -0.25) is 4.79 Å². The number of hydrogen-bond donors (Lipinski definition) is 0. The third-order valence-electron chi connectivity index (χ3n) is 3.71. The molecule has 1 aliphatic rings. The van der Waals surface area contributed by atoms with Crippen LogP contribution in [0.4, 0.5) is 0 Å². The van der Waals surface area contributed by atoms with Crippen LogP contribution >= 0.6 is 11.8 Å². The zero-order valence-electron chi connectivity index (χ0n) is 12.7. The Morgan fingerprint density at radius 1 is 1.24 bits per heavy atom. The number of ether oxygens (including phenoxy) is 1. The van der Waals surface area contributed by atoms with Crippen LogP contribution in [0.15, 0.2) is 47.4 Å². The van der Waals surface area contributed by atoms with Crippen molar-refractivity contribution >= 4 is 17.7 Å². The average Bonchev–Trinajstić information content (AvgIpc) is 2.50. The topological polar surface area (TPSA) is 26.3 Å². The molecule has 0 saturated heterocycles. The quantitative estimate of drug-likeness (QED) is 0.532. The molecule has 0 fully saturated rings. The molecule has 0 bridgehead atoms. The number of carbonyl (C=O) groups excluding carboxylic acids is 1. The van der Waals surface area contributed by atoms with Gasteiger partial charge in [0.15, 0.2) is 0 Å². The first kappa shape index (κ1) is 16.2. The summed E-state index contributed by atoms with van der Waals surface area (Å²) < 4.78 is 4.95. The maximum atomic E-state index is 11.3. The van der Waals surface area contributed by atoms with Crippen molar-refractivity contribution in [2.75, 3.05) is 6.61 Å². The molecule has 0 N–H and O–H groups in total. The van der Waals surface area contributed by atoms with Crippen molar-refractivity contribution in [3.8, 4) is 0 Å². The third kappa shape index (κ3) is 5.96. The number of allylic oxidation sites excluding steroid dienone is 1. The maximum absolute atomic E-state index is 11.3. The predicted octanol–water partition coefficient (Wildman–Crippen LogP) is 4.85. The summed E-state index contributed by atoms with van der Waals surface area (Å²) in [5, 5.41) is 0.591. The zero-order chi connectivity index (χ0) is 14.9. The van der Waals surface area contributed by atoms with Gasteiger partial charge in [-0.2, -0.15) is 0 Å². The molecular weight excluding hydrogens is 280 g/mol. The Morgan fingerprint density at radius 3 is 2.71 bits per heavy atom. The van der Waals surface area contributed by atoms with Crippen LogP contribution in [0.1, 0.15) is 39.0 Å². The second-order valence-corrected chi connectivity index (χ2v) is 6.70. The molecular formula is C18H24O2S. The molecule has 0 aromatic heterocycles. The Morgan fingerprint density at radius 2 is 2.05 bits per heavy atom. The average molecular weight is 304 g/mol. The largest absolute Gasteiger partial charge is 0.466 e. The van der Waals surface area contributed by atoms with E-state index in [1.54, 1.807) is 0 Å². The number of rotatable bonds is 7. The van der Waals surface area contributed by atoms with E-state index in [-0.39, 0.29) is 5.97 Å². The molecule has 0 unspecified atom stereocenters. The summed E-state index contributed by atoms with van der Waals surface area (Å²) in [6.45, 7) is 2.34. The molecule has 21 heavy (non-hydrogen) atoms. The molecule has 114 valence electrons. The summed E-state index contributed by atoms with van der Waals surface area (Å²) in [5.41, 5.74) is 0. The first-order chi connectivity index (χ1) is 10.3. The van der Waals surface area contributed by atoms with Crippen molar-refractivity contribution < 1.29 is 9.53 Å². The number of hydrogen-bond acceptors (Lipinski definition) is 3. The van der Waals surface area contributed by atoms with Crippen LogP contribution in [0.3, 0.4) is 0 Å². The van der Waals surface area contributed by atoms with Crippen LogP contribution in [-0.2, 0) is 9.53 Å². The van der Waals surface area contributed by atoms with Crippen LogP contribution < -0.4 is 0 Å². The van der Waals surface area contributed by atoms with Gasteiger partial charge in [0.05, 0.1) is 6.61 Å². The zero-order valence-corrected chi connectivity index (χ0v) is 13.5. The second-order valence-electron chi connectivity index (χ2n) is 5.39. The molecule has 0 amide bonds. The molecule has 0 heterocycles. The molecule has 0 radical (unpaired) electrons. The Balaban J connectivity index is 1.68. The summed E-state index contributed by atoms with van der Waals surface area (Å²) >= 11 is 1.94. The highest BCUT2D eigenvalue weighted by Gasteiger charge is 2.16. The highest BCUT2D eigenvalue weighted by molar-refractivity contribution is 8.00. The van der Waals surface area contributed by atoms with Crippen LogP contribution in [0.2, 0.25) is 0 Å². The van der Waals surface area contributed by atoms with Crippen LogP contribution in [0.25, 0.3) is 0 Å². The second kappa shape index (κ2) is 8.93. The lowest BCUT2D eigenvalue weighted by Crippen LogP contribution is -2.11. The van der Waals surface area contributed by atoms with Gasteiger partial charge in [0, 0.05) is 16.6 Å². The van der Waals surface area contributed by atoms with E-state index in [0.29, 0.717) is 24.2 Å². The third-order valence-corrected chi connectivity index (χ3v) is 4.95. The van der Waals surface area contributed by atoms with Crippen molar-refractivity contribution in [3.63, 3.8) is 0 Å². The molecule has 1 aromatic rings. The van der Waals surface area contributed by atoms with Gasteiger partial charge in [-0.1, -0.05) is 30.4 Å². The van der Waals surface area contributed by atoms with E-state index >= 15 is 0 Å². The first-order valence-corrected chi connectivity index (χ1v) is 8.71. The van der Waals surface area contributed by atoms with Crippen LogP contribution in [-0.4, -0.2) is 17.8 Å². The lowest BCUT2D eigenvalue weighted by atomic mass is 9.91. The Labute approximate surface area is 132 Å². The number of esters is 1. The molecule has 3 heteroatoms. The predicted molar refractivity (Wildman–Crippen MR) is 88.4 cm³/mol. The van der Waals surface area contributed by atoms with E-state index in [9.17, 15) is 4.79 Å².